The molecule has 0 radical (unpaired) electrons. The second-order valence-electron chi connectivity index (χ2n) is 6.46. The van der Waals surface area contributed by atoms with E-state index in [1.54, 1.807) is 19.2 Å². The number of fused-ring (bicyclic) bond motifs is 1. The number of carbonyl (C=O) groups excluding carboxylic acids is 2. The number of amides is 2. The number of nitrogens with one attached hydrogen (secondary N) is 2. The van der Waals surface area contributed by atoms with Gasteiger partial charge in [-0.15, -0.1) is 0 Å². The molecule has 1 aliphatic rings. The predicted molar refractivity (Wildman–Crippen MR) is 99.7 cm³/mol. The van der Waals surface area contributed by atoms with Crippen molar-refractivity contribution in [3.63, 3.8) is 0 Å². The van der Waals surface area contributed by atoms with E-state index in [0.717, 1.165) is 16.7 Å². The fourth-order valence-corrected chi connectivity index (χ4v) is 3.14. The van der Waals surface area contributed by atoms with Crippen LogP contribution < -0.4 is 10.6 Å². The molecule has 0 saturated carbocycles. The summed E-state index contributed by atoms with van der Waals surface area (Å²) in [6.07, 6.45) is 1.52. The first-order valence-corrected chi connectivity index (χ1v) is 8.53. The van der Waals surface area contributed by atoms with E-state index in [1.807, 2.05) is 30.3 Å². The van der Waals surface area contributed by atoms with Crippen molar-refractivity contribution in [3.05, 3.63) is 66.1 Å². The average Bonchev–Trinajstić information content (AvgIpc) is 3.18. The van der Waals surface area contributed by atoms with Crippen LogP contribution in [-0.2, 0) is 9.59 Å². The maximum atomic E-state index is 13.9. The molecule has 2 aromatic carbocycles. The molecule has 7 heteroatoms. The lowest BCUT2D eigenvalue weighted by molar-refractivity contribution is -0.123. The maximum Gasteiger partial charge on any atom is 0.251 e. The minimum Gasteiger partial charge on any atom is -0.324 e. The second kappa shape index (κ2) is 6.68. The van der Waals surface area contributed by atoms with E-state index < -0.39 is 17.8 Å². The van der Waals surface area contributed by atoms with E-state index in [-0.39, 0.29) is 18.0 Å². The van der Waals surface area contributed by atoms with Gasteiger partial charge >= 0.3 is 0 Å². The molecule has 6 nitrogen and oxygen atoms in total. The number of hydrogen-bond donors (Lipinski definition) is 2. The van der Waals surface area contributed by atoms with Gasteiger partial charge in [0.2, 0.25) is 5.91 Å². The Labute approximate surface area is 155 Å². The summed E-state index contributed by atoms with van der Waals surface area (Å²) in [5.41, 5.74) is 2.56. The fraction of sp³-hybridized carbons (Fsp3) is 0.150. The lowest BCUT2D eigenvalue weighted by Crippen LogP contribution is -2.23. The third kappa shape index (κ3) is 3.19. The Morgan fingerprint density at radius 2 is 2.04 bits per heavy atom. The van der Waals surface area contributed by atoms with Gasteiger partial charge in [-0.25, -0.2) is 9.07 Å². The molecule has 2 amide bonds. The summed E-state index contributed by atoms with van der Waals surface area (Å²) in [6.45, 7) is 1.76. The maximum absolute atomic E-state index is 13.9. The molecule has 136 valence electrons. The van der Waals surface area contributed by atoms with Crippen LogP contribution in [-0.4, -0.2) is 21.6 Å². The number of aryl methyl sites for hydroxylation is 1. The van der Waals surface area contributed by atoms with E-state index >= 15 is 0 Å². The summed E-state index contributed by atoms with van der Waals surface area (Å²) in [6, 6.07) is 13.3. The normalized spacial score (nSPS) is 15.3. The number of rotatable bonds is 4. The van der Waals surface area contributed by atoms with Gasteiger partial charge < -0.3 is 10.6 Å². The topological polar surface area (TPSA) is 76.0 Å². The van der Waals surface area contributed by atoms with E-state index in [4.69, 9.17) is 0 Å². The number of halogens is 1. The molecule has 4 rings (SSSR count). The summed E-state index contributed by atoms with van der Waals surface area (Å²) >= 11 is 0. The van der Waals surface area contributed by atoms with Gasteiger partial charge in [0.05, 0.1) is 18.3 Å². The summed E-state index contributed by atoms with van der Waals surface area (Å²) in [7, 11) is 0. The van der Waals surface area contributed by atoms with E-state index in [2.05, 4.69) is 15.7 Å². The molecule has 1 aliphatic heterocycles. The number of benzene rings is 2. The molecule has 27 heavy (non-hydrogen) atoms. The van der Waals surface area contributed by atoms with Crippen molar-refractivity contribution in [1.29, 1.82) is 0 Å². The van der Waals surface area contributed by atoms with Gasteiger partial charge in [0.25, 0.3) is 5.91 Å². The highest BCUT2D eigenvalue weighted by Crippen LogP contribution is 2.35. The molecule has 0 spiro atoms. The van der Waals surface area contributed by atoms with Crippen LogP contribution in [0.5, 0.6) is 0 Å². The predicted octanol–water partition coefficient (Wildman–Crippen LogP) is 3.52. The number of hydrogen-bond acceptors (Lipinski definition) is 3. The first-order chi connectivity index (χ1) is 13.0. The van der Waals surface area contributed by atoms with E-state index in [0.29, 0.717) is 5.82 Å². The largest absolute Gasteiger partial charge is 0.324 e. The van der Waals surface area contributed by atoms with Crippen LogP contribution in [0.3, 0.4) is 0 Å². The standard InChI is InChI=1S/C20H17FN4O2/c1-12-7-8-16(15(21)9-12)23-18(26)10-17-20(27)24-19-14(11-22-25(17)19)13-5-3-2-4-6-13/h2-9,11,17H,10H2,1H3,(H,23,26)(H,24,27). The Balaban J connectivity index is 1.53. The van der Waals surface area contributed by atoms with Gasteiger partial charge in [-0.2, -0.15) is 5.10 Å². The zero-order chi connectivity index (χ0) is 19.0. The van der Waals surface area contributed by atoms with Crippen molar-refractivity contribution in [2.24, 2.45) is 0 Å². The highest BCUT2D eigenvalue weighted by Gasteiger charge is 2.35. The third-order valence-corrected chi connectivity index (χ3v) is 4.50. The van der Waals surface area contributed by atoms with Gasteiger partial charge in [-0.3, -0.25) is 9.59 Å². The molecule has 2 heterocycles. The number of anilines is 2. The summed E-state index contributed by atoms with van der Waals surface area (Å²) in [5.74, 6) is -0.715. The van der Waals surface area contributed by atoms with Crippen molar-refractivity contribution in [3.8, 4) is 11.1 Å². The summed E-state index contributed by atoms with van der Waals surface area (Å²) < 4.78 is 15.4. The number of carbonyl (C=O) groups is 2. The van der Waals surface area contributed by atoms with Crippen molar-refractivity contribution in [1.82, 2.24) is 9.78 Å². The SMILES string of the molecule is Cc1ccc(NC(=O)CC2C(=O)Nc3c(-c4ccccc4)cnn32)c(F)c1. The Hall–Kier alpha value is -3.48. The molecule has 0 fully saturated rings. The zero-order valence-corrected chi connectivity index (χ0v) is 14.6. The Kier molecular flexibility index (Phi) is 4.19. The molecule has 1 aromatic heterocycles. The van der Waals surface area contributed by atoms with Crippen LogP contribution in [0.4, 0.5) is 15.9 Å². The first kappa shape index (κ1) is 17.0. The van der Waals surface area contributed by atoms with Crippen LogP contribution in [0.15, 0.2) is 54.7 Å². The van der Waals surface area contributed by atoms with Crippen LogP contribution in [0, 0.1) is 12.7 Å². The van der Waals surface area contributed by atoms with Crippen LogP contribution in [0.1, 0.15) is 18.0 Å². The highest BCUT2D eigenvalue weighted by molar-refractivity contribution is 6.04. The molecule has 3 aromatic rings. The quantitative estimate of drug-likeness (QED) is 0.744. The van der Waals surface area contributed by atoms with Gasteiger partial charge in [0.15, 0.2) is 0 Å². The van der Waals surface area contributed by atoms with Gasteiger partial charge in [-0.05, 0) is 30.2 Å². The molecular weight excluding hydrogens is 347 g/mol. The molecule has 0 saturated heterocycles. The van der Waals surface area contributed by atoms with Crippen molar-refractivity contribution in [2.75, 3.05) is 10.6 Å². The number of nitrogens with zero attached hydrogens (tertiary/aromatic N) is 2. The minimum atomic E-state index is -0.772. The number of aromatic nitrogens is 2. The zero-order valence-electron chi connectivity index (χ0n) is 14.6. The van der Waals surface area contributed by atoms with Crippen molar-refractivity contribution >= 4 is 23.3 Å². The van der Waals surface area contributed by atoms with E-state index in [9.17, 15) is 14.0 Å². The molecule has 1 unspecified atom stereocenters. The average molecular weight is 364 g/mol. The second-order valence-corrected chi connectivity index (χ2v) is 6.46. The molecule has 0 bridgehead atoms. The lowest BCUT2D eigenvalue weighted by atomic mass is 10.1. The Morgan fingerprint density at radius 1 is 1.26 bits per heavy atom. The van der Waals surface area contributed by atoms with Crippen LogP contribution in [0.25, 0.3) is 11.1 Å². The molecule has 2 N–H and O–H groups in total. The summed E-state index contributed by atoms with van der Waals surface area (Å²) in [4.78, 5) is 24.7. The summed E-state index contributed by atoms with van der Waals surface area (Å²) in [5, 5.41) is 9.58. The highest BCUT2D eigenvalue weighted by atomic mass is 19.1. The lowest BCUT2D eigenvalue weighted by Gasteiger charge is -2.10. The van der Waals surface area contributed by atoms with Gasteiger partial charge in [0, 0.05) is 5.56 Å². The van der Waals surface area contributed by atoms with Gasteiger partial charge in [0.1, 0.15) is 17.7 Å². The smallest absolute Gasteiger partial charge is 0.251 e. The molecule has 0 aliphatic carbocycles. The molecule has 1 atom stereocenters. The van der Waals surface area contributed by atoms with Crippen molar-refractivity contribution in [2.45, 2.75) is 19.4 Å². The monoisotopic (exact) mass is 364 g/mol. The molecular formula is C20H17FN4O2. The van der Waals surface area contributed by atoms with E-state index in [1.165, 1.54) is 16.8 Å². The fourth-order valence-electron chi connectivity index (χ4n) is 3.14. The Bertz CT molecular complexity index is 1030. The first-order valence-electron chi connectivity index (χ1n) is 8.53. The van der Waals surface area contributed by atoms with Crippen LogP contribution >= 0.6 is 0 Å². The third-order valence-electron chi connectivity index (χ3n) is 4.50. The van der Waals surface area contributed by atoms with Crippen molar-refractivity contribution < 1.29 is 14.0 Å². The Morgan fingerprint density at radius 3 is 2.78 bits per heavy atom. The van der Waals surface area contributed by atoms with Crippen LogP contribution in [0.2, 0.25) is 0 Å². The van der Waals surface area contributed by atoms with Gasteiger partial charge in [-0.1, -0.05) is 36.4 Å². The minimum absolute atomic E-state index is 0.0923.